The number of halogens is 1. The monoisotopic (exact) mass is 397 g/mol. The number of aryl methyl sites for hydroxylation is 1. The van der Waals surface area contributed by atoms with Gasteiger partial charge in [-0.3, -0.25) is 4.79 Å². The molecule has 0 saturated carbocycles. The number of carboxylic acids is 1. The van der Waals surface area contributed by atoms with E-state index in [1.54, 1.807) is 12.1 Å². The number of rotatable bonds is 3. The molecule has 2 aromatic rings. The van der Waals surface area contributed by atoms with Crippen LogP contribution >= 0.6 is 22.6 Å². The lowest BCUT2D eigenvalue weighted by molar-refractivity contribution is 0.0696. The van der Waals surface area contributed by atoms with E-state index in [2.05, 4.69) is 27.9 Å². The van der Waals surface area contributed by atoms with Crippen LogP contribution < -0.4 is 5.32 Å². The highest BCUT2D eigenvalue weighted by molar-refractivity contribution is 14.1. The number of phenols is 1. The summed E-state index contributed by atoms with van der Waals surface area (Å²) in [5, 5.41) is 21.2. The third kappa shape index (κ3) is 3.33. The van der Waals surface area contributed by atoms with Crippen molar-refractivity contribution in [3.63, 3.8) is 0 Å². The molecule has 0 radical (unpaired) electrons. The minimum Gasteiger partial charge on any atom is -0.506 e. The number of carbonyl (C=O) groups excluding carboxylic acids is 1. The van der Waals surface area contributed by atoms with Crippen LogP contribution in [-0.4, -0.2) is 22.1 Å². The van der Waals surface area contributed by atoms with E-state index in [-0.39, 0.29) is 22.9 Å². The van der Waals surface area contributed by atoms with Crippen molar-refractivity contribution in [1.29, 1.82) is 0 Å². The Labute approximate surface area is 134 Å². The van der Waals surface area contributed by atoms with E-state index in [1.807, 2.05) is 13.0 Å². The molecular weight excluding hydrogens is 385 g/mol. The maximum atomic E-state index is 12.2. The fraction of sp³-hybridized carbons (Fsp3) is 0.0667. The molecule has 21 heavy (non-hydrogen) atoms. The average Bonchev–Trinajstić information content (AvgIpc) is 2.43. The molecule has 0 atom stereocenters. The Kier molecular flexibility index (Phi) is 4.46. The van der Waals surface area contributed by atoms with Gasteiger partial charge >= 0.3 is 5.97 Å². The topological polar surface area (TPSA) is 86.6 Å². The predicted octanol–water partition coefficient (Wildman–Crippen LogP) is 3.26. The second-order valence-corrected chi connectivity index (χ2v) is 5.51. The largest absolute Gasteiger partial charge is 0.506 e. The first kappa shape index (κ1) is 15.3. The van der Waals surface area contributed by atoms with Gasteiger partial charge in [0.25, 0.3) is 5.91 Å². The number of hydrogen-bond donors (Lipinski definition) is 3. The van der Waals surface area contributed by atoms with E-state index in [1.165, 1.54) is 12.1 Å². The van der Waals surface area contributed by atoms with E-state index >= 15 is 0 Å². The lowest BCUT2D eigenvalue weighted by atomic mass is 10.1. The van der Waals surface area contributed by atoms with Crippen LogP contribution in [0.1, 0.15) is 26.3 Å². The quantitative estimate of drug-likeness (QED) is 0.548. The molecule has 0 heterocycles. The Bertz CT molecular complexity index is 728. The number of amides is 1. The molecule has 1 amide bonds. The number of benzene rings is 2. The maximum Gasteiger partial charge on any atom is 0.335 e. The Balaban J connectivity index is 2.28. The summed E-state index contributed by atoms with van der Waals surface area (Å²) in [5.74, 6) is -1.79. The molecule has 0 saturated heterocycles. The number of aromatic hydroxyl groups is 1. The molecule has 0 bridgehead atoms. The number of anilines is 1. The maximum absolute atomic E-state index is 12.2. The van der Waals surface area contributed by atoms with Crippen molar-refractivity contribution in [3.05, 3.63) is 56.7 Å². The second kappa shape index (κ2) is 6.13. The van der Waals surface area contributed by atoms with Gasteiger partial charge in [0, 0.05) is 3.57 Å². The molecule has 5 nitrogen and oxygen atoms in total. The van der Waals surface area contributed by atoms with E-state index in [0.717, 1.165) is 15.2 Å². The van der Waals surface area contributed by atoms with Crippen LogP contribution in [0.2, 0.25) is 0 Å². The number of aromatic carboxylic acids is 1. The van der Waals surface area contributed by atoms with Crippen molar-refractivity contribution in [3.8, 4) is 5.75 Å². The summed E-state index contributed by atoms with van der Waals surface area (Å²) in [4.78, 5) is 23.0. The zero-order valence-electron chi connectivity index (χ0n) is 11.1. The summed E-state index contributed by atoms with van der Waals surface area (Å²) in [6.07, 6.45) is 0. The molecule has 0 aliphatic heterocycles. The van der Waals surface area contributed by atoms with Crippen molar-refractivity contribution >= 4 is 40.2 Å². The Morgan fingerprint density at radius 1 is 1.19 bits per heavy atom. The molecule has 0 spiro atoms. The van der Waals surface area contributed by atoms with Gasteiger partial charge < -0.3 is 15.5 Å². The molecule has 0 fully saturated rings. The number of phenolic OH excluding ortho intramolecular Hbond substituents is 1. The number of hydrogen-bond acceptors (Lipinski definition) is 3. The first-order chi connectivity index (χ1) is 9.90. The molecular formula is C15H12INO4. The average molecular weight is 397 g/mol. The van der Waals surface area contributed by atoms with E-state index in [0.29, 0.717) is 5.56 Å². The highest BCUT2D eigenvalue weighted by Crippen LogP contribution is 2.26. The standard InChI is InChI=1S/C15H12INO4/c1-8-3-2-4-10(13(8)16)14(19)17-11-6-5-9(15(20)21)7-12(11)18/h2-7,18H,1H3,(H,17,19)(H,20,21). The lowest BCUT2D eigenvalue weighted by Gasteiger charge is -2.10. The van der Waals surface area contributed by atoms with Crippen LogP contribution in [0, 0.1) is 10.5 Å². The molecule has 2 rings (SSSR count). The van der Waals surface area contributed by atoms with Gasteiger partial charge in [-0.05, 0) is 59.3 Å². The van der Waals surface area contributed by atoms with E-state index < -0.39 is 5.97 Å². The SMILES string of the molecule is Cc1cccc(C(=O)Nc2ccc(C(=O)O)cc2O)c1I. The molecule has 108 valence electrons. The summed E-state index contributed by atoms with van der Waals surface area (Å²) in [5.41, 5.74) is 1.60. The van der Waals surface area contributed by atoms with Crippen molar-refractivity contribution < 1.29 is 19.8 Å². The summed E-state index contributed by atoms with van der Waals surface area (Å²) >= 11 is 2.08. The lowest BCUT2D eigenvalue weighted by Crippen LogP contribution is -2.14. The van der Waals surface area contributed by atoms with Crippen LogP contribution in [0.15, 0.2) is 36.4 Å². The van der Waals surface area contributed by atoms with Gasteiger partial charge in [-0.2, -0.15) is 0 Å². The van der Waals surface area contributed by atoms with Gasteiger partial charge in [-0.15, -0.1) is 0 Å². The van der Waals surface area contributed by atoms with Gasteiger partial charge in [0.1, 0.15) is 5.75 Å². The molecule has 6 heteroatoms. The normalized spacial score (nSPS) is 10.2. The Morgan fingerprint density at radius 3 is 2.52 bits per heavy atom. The summed E-state index contributed by atoms with van der Waals surface area (Å²) < 4.78 is 0.828. The van der Waals surface area contributed by atoms with Crippen LogP contribution in [0.4, 0.5) is 5.69 Å². The van der Waals surface area contributed by atoms with E-state index in [9.17, 15) is 14.7 Å². The zero-order chi connectivity index (χ0) is 15.6. The van der Waals surface area contributed by atoms with Gasteiger partial charge in [0.05, 0.1) is 16.8 Å². The fourth-order valence-electron chi connectivity index (χ4n) is 1.78. The molecule has 0 aromatic heterocycles. The van der Waals surface area contributed by atoms with Crippen LogP contribution in [0.3, 0.4) is 0 Å². The number of nitrogens with one attached hydrogen (secondary N) is 1. The smallest absolute Gasteiger partial charge is 0.335 e. The Hall–Kier alpha value is -2.09. The highest BCUT2D eigenvalue weighted by atomic mass is 127. The Morgan fingerprint density at radius 2 is 1.90 bits per heavy atom. The molecule has 0 aliphatic rings. The van der Waals surface area contributed by atoms with Crippen molar-refractivity contribution in [1.82, 2.24) is 0 Å². The van der Waals surface area contributed by atoms with Crippen LogP contribution in [0.5, 0.6) is 5.75 Å². The molecule has 0 unspecified atom stereocenters. The fourth-order valence-corrected chi connectivity index (χ4v) is 2.39. The highest BCUT2D eigenvalue weighted by Gasteiger charge is 2.14. The third-order valence-electron chi connectivity index (χ3n) is 2.93. The molecule has 3 N–H and O–H groups in total. The summed E-state index contributed by atoms with van der Waals surface area (Å²) in [7, 11) is 0. The zero-order valence-corrected chi connectivity index (χ0v) is 13.2. The summed E-state index contributed by atoms with van der Waals surface area (Å²) in [6, 6.07) is 9.14. The number of carbonyl (C=O) groups is 2. The van der Waals surface area contributed by atoms with Crippen molar-refractivity contribution in [2.24, 2.45) is 0 Å². The van der Waals surface area contributed by atoms with Crippen LogP contribution in [0.25, 0.3) is 0 Å². The third-order valence-corrected chi connectivity index (χ3v) is 4.36. The minimum absolute atomic E-state index is 0.0457. The van der Waals surface area contributed by atoms with Crippen molar-refractivity contribution in [2.75, 3.05) is 5.32 Å². The van der Waals surface area contributed by atoms with Gasteiger partial charge in [0.2, 0.25) is 0 Å². The summed E-state index contributed by atoms with van der Waals surface area (Å²) in [6.45, 7) is 1.90. The van der Waals surface area contributed by atoms with Gasteiger partial charge in [-0.25, -0.2) is 4.79 Å². The van der Waals surface area contributed by atoms with Crippen LogP contribution in [-0.2, 0) is 0 Å². The first-order valence-electron chi connectivity index (χ1n) is 6.03. The predicted molar refractivity (Wildman–Crippen MR) is 86.9 cm³/mol. The minimum atomic E-state index is -1.14. The van der Waals surface area contributed by atoms with Crippen molar-refractivity contribution in [2.45, 2.75) is 6.92 Å². The molecule has 0 aliphatic carbocycles. The molecule has 2 aromatic carbocycles. The van der Waals surface area contributed by atoms with E-state index in [4.69, 9.17) is 5.11 Å². The second-order valence-electron chi connectivity index (χ2n) is 4.43. The first-order valence-corrected chi connectivity index (χ1v) is 7.11. The van der Waals surface area contributed by atoms with Gasteiger partial charge in [-0.1, -0.05) is 12.1 Å². The van der Waals surface area contributed by atoms with Gasteiger partial charge in [0.15, 0.2) is 0 Å². The number of carboxylic acid groups (broad SMARTS) is 1.